The number of para-hydroxylation sites is 1. The summed E-state index contributed by atoms with van der Waals surface area (Å²) in [6.45, 7) is 11.9. The summed E-state index contributed by atoms with van der Waals surface area (Å²) in [6.07, 6.45) is 1.53. The highest BCUT2D eigenvalue weighted by molar-refractivity contribution is 7.97. The number of hydrogen-bond donors (Lipinski definition) is 1. The topological polar surface area (TPSA) is 66.5 Å². The molecule has 0 aromatic heterocycles. The van der Waals surface area contributed by atoms with Gasteiger partial charge in [0.25, 0.3) is 15.9 Å². The van der Waals surface area contributed by atoms with Gasteiger partial charge >= 0.3 is 0 Å². The van der Waals surface area contributed by atoms with Crippen LogP contribution in [0.1, 0.15) is 38.8 Å². The summed E-state index contributed by atoms with van der Waals surface area (Å²) in [4.78, 5) is 13.4. The van der Waals surface area contributed by atoms with Crippen molar-refractivity contribution in [1.82, 2.24) is 5.32 Å². The first-order valence-corrected chi connectivity index (χ1v) is 12.0. The van der Waals surface area contributed by atoms with Crippen molar-refractivity contribution >= 4 is 27.2 Å². The predicted octanol–water partition coefficient (Wildman–Crippen LogP) is 4.58. The Kier molecular flexibility index (Phi) is 6.70. The molecule has 31 heavy (non-hydrogen) atoms. The summed E-state index contributed by atoms with van der Waals surface area (Å²) in [5.41, 5.74) is 2.37. The van der Waals surface area contributed by atoms with E-state index in [0.717, 1.165) is 0 Å². The average molecular weight is 439 g/mol. The van der Waals surface area contributed by atoms with Gasteiger partial charge in [-0.15, -0.1) is 6.58 Å². The van der Waals surface area contributed by atoms with Crippen molar-refractivity contribution in [3.8, 4) is 0 Å². The second kappa shape index (κ2) is 9.10. The summed E-state index contributed by atoms with van der Waals surface area (Å²) < 4.78 is 28.8. The summed E-state index contributed by atoms with van der Waals surface area (Å²) in [5, 5.41) is 3.01. The molecule has 0 aliphatic carbocycles. The van der Waals surface area contributed by atoms with Gasteiger partial charge in [-0.3, -0.25) is 9.10 Å². The first-order valence-electron chi connectivity index (χ1n) is 10.5. The lowest BCUT2D eigenvalue weighted by Gasteiger charge is -2.34. The Bertz CT molecular complexity index is 1090. The molecule has 1 aliphatic heterocycles. The maximum atomic E-state index is 13.8. The monoisotopic (exact) mass is 438 g/mol. The van der Waals surface area contributed by atoms with Gasteiger partial charge in [-0.2, -0.15) is 0 Å². The summed E-state index contributed by atoms with van der Waals surface area (Å²) in [5.74, 6) is -0.255. The molecule has 3 rings (SSSR count). The molecule has 0 bridgehead atoms. The van der Waals surface area contributed by atoms with E-state index in [1.165, 1.54) is 10.4 Å². The third kappa shape index (κ3) is 4.30. The number of amides is 1. The Morgan fingerprint density at radius 3 is 2.16 bits per heavy atom. The Hall–Kier alpha value is -2.86. The lowest BCUT2D eigenvalue weighted by molar-refractivity contribution is -0.118. The second-order valence-corrected chi connectivity index (χ2v) is 10.2. The van der Waals surface area contributed by atoms with E-state index in [0.29, 0.717) is 22.4 Å². The van der Waals surface area contributed by atoms with Crippen LogP contribution in [0.15, 0.2) is 72.2 Å². The fraction of sp³-hybridized carbons (Fsp3) is 0.320. The molecule has 2 aromatic rings. The van der Waals surface area contributed by atoms with Crippen molar-refractivity contribution in [3.05, 3.63) is 83.3 Å². The van der Waals surface area contributed by atoms with E-state index >= 15 is 0 Å². The highest BCUT2D eigenvalue weighted by atomic mass is 32.2. The number of carbonyl (C=O) groups is 1. The molecule has 1 N–H and O–H groups in total. The lowest BCUT2D eigenvalue weighted by Crippen LogP contribution is -2.47. The molecule has 0 spiro atoms. The van der Waals surface area contributed by atoms with E-state index in [4.69, 9.17) is 0 Å². The zero-order chi connectivity index (χ0) is 22.8. The molecular weight excluding hydrogens is 408 g/mol. The standard InChI is InChI=1S/C25H30N2O3S/c1-6-16-27-21-15-11-10-14-20(21)22(19-12-8-7-9-13-19)24(31(27,29)30)25(28)26-23(17(2)3)18(4)5/h6-15,17-18,23H,1,16H2,2-5H3,(H,26,28). The zero-order valence-electron chi connectivity index (χ0n) is 18.5. The fourth-order valence-electron chi connectivity index (χ4n) is 4.15. The highest BCUT2D eigenvalue weighted by Gasteiger charge is 2.41. The molecule has 6 heteroatoms. The maximum absolute atomic E-state index is 13.8. The molecule has 0 saturated heterocycles. The van der Waals surface area contributed by atoms with Crippen molar-refractivity contribution in [2.45, 2.75) is 33.7 Å². The van der Waals surface area contributed by atoms with Crippen LogP contribution in [0, 0.1) is 11.8 Å². The van der Waals surface area contributed by atoms with E-state index in [2.05, 4.69) is 11.9 Å². The van der Waals surface area contributed by atoms with Crippen LogP contribution in [-0.4, -0.2) is 26.9 Å². The quantitative estimate of drug-likeness (QED) is 0.644. The number of benzene rings is 2. The van der Waals surface area contributed by atoms with Crippen LogP contribution in [0.3, 0.4) is 0 Å². The maximum Gasteiger partial charge on any atom is 0.270 e. The van der Waals surface area contributed by atoms with E-state index in [1.54, 1.807) is 12.1 Å². The number of carbonyl (C=O) groups excluding carboxylic acids is 1. The molecule has 0 unspecified atom stereocenters. The van der Waals surface area contributed by atoms with Crippen molar-refractivity contribution in [2.24, 2.45) is 11.8 Å². The van der Waals surface area contributed by atoms with Gasteiger partial charge in [-0.25, -0.2) is 8.42 Å². The molecule has 164 valence electrons. The Morgan fingerprint density at radius 1 is 1.00 bits per heavy atom. The van der Waals surface area contributed by atoms with Crippen LogP contribution in [-0.2, 0) is 14.8 Å². The van der Waals surface area contributed by atoms with Crippen LogP contribution in [0.4, 0.5) is 5.69 Å². The minimum Gasteiger partial charge on any atom is -0.348 e. The van der Waals surface area contributed by atoms with Gasteiger partial charge in [0.1, 0.15) is 0 Å². The minimum absolute atomic E-state index is 0.0794. The summed E-state index contributed by atoms with van der Waals surface area (Å²) in [7, 11) is -4.10. The first-order chi connectivity index (χ1) is 14.7. The fourth-order valence-corrected chi connectivity index (χ4v) is 5.87. The third-order valence-electron chi connectivity index (χ3n) is 5.52. The number of anilines is 1. The third-order valence-corrected chi connectivity index (χ3v) is 7.35. The largest absolute Gasteiger partial charge is 0.348 e. The van der Waals surface area contributed by atoms with Gasteiger partial charge in [0.2, 0.25) is 0 Å². The van der Waals surface area contributed by atoms with Crippen LogP contribution < -0.4 is 9.62 Å². The lowest BCUT2D eigenvalue weighted by atomic mass is 9.92. The van der Waals surface area contributed by atoms with Gasteiger partial charge in [-0.1, -0.05) is 82.3 Å². The van der Waals surface area contributed by atoms with Gasteiger partial charge in [0.05, 0.1) is 12.2 Å². The second-order valence-electron chi connectivity index (χ2n) is 8.40. The number of nitrogens with zero attached hydrogens (tertiary/aromatic N) is 1. The molecule has 0 radical (unpaired) electrons. The number of nitrogens with one attached hydrogen (secondary N) is 1. The van der Waals surface area contributed by atoms with Crippen LogP contribution >= 0.6 is 0 Å². The Morgan fingerprint density at radius 2 is 1.58 bits per heavy atom. The zero-order valence-corrected chi connectivity index (χ0v) is 19.3. The molecule has 1 amide bonds. The van der Waals surface area contributed by atoms with Gasteiger partial charge in [0.15, 0.2) is 4.91 Å². The Labute approximate surface area is 185 Å². The van der Waals surface area contributed by atoms with E-state index in [9.17, 15) is 13.2 Å². The number of fused-ring (bicyclic) bond motifs is 1. The number of hydrogen-bond acceptors (Lipinski definition) is 3. The molecule has 1 heterocycles. The van der Waals surface area contributed by atoms with Crippen molar-refractivity contribution in [3.63, 3.8) is 0 Å². The molecule has 0 saturated carbocycles. The van der Waals surface area contributed by atoms with Crippen LogP contribution in [0.25, 0.3) is 5.57 Å². The molecule has 1 aliphatic rings. The van der Waals surface area contributed by atoms with Gasteiger partial charge in [0, 0.05) is 17.2 Å². The van der Waals surface area contributed by atoms with E-state index < -0.39 is 15.9 Å². The smallest absolute Gasteiger partial charge is 0.270 e. The van der Waals surface area contributed by atoms with Crippen molar-refractivity contribution in [2.75, 3.05) is 10.8 Å². The molecule has 5 nitrogen and oxygen atoms in total. The molecule has 2 aromatic carbocycles. The highest BCUT2D eigenvalue weighted by Crippen LogP contribution is 2.42. The van der Waals surface area contributed by atoms with Gasteiger partial charge < -0.3 is 5.32 Å². The average Bonchev–Trinajstić information content (AvgIpc) is 2.73. The van der Waals surface area contributed by atoms with Crippen molar-refractivity contribution in [1.29, 1.82) is 0 Å². The van der Waals surface area contributed by atoms with Crippen LogP contribution in [0.5, 0.6) is 0 Å². The van der Waals surface area contributed by atoms with Crippen LogP contribution in [0.2, 0.25) is 0 Å². The molecule has 0 atom stereocenters. The molecule has 0 fully saturated rings. The SMILES string of the molecule is C=CCN1c2ccccc2C(c2ccccc2)=C(C(=O)NC(C(C)C)C(C)C)S1(=O)=O. The summed E-state index contributed by atoms with van der Waals surface area (Å²) >= 11 is 0. The van der Waals surface area contributed by atoms with E-state index in [1.807, 2.05) is 70.2 Å². The van der Waals surface area contributed by atoms with Crippen molar-refractivity contribution < 1.29 is 13.2 Å². The molecular formula is C25H30N2O3S. The normalized spacial score (nSPS) is 15.4. The predicted molar refractivity (Wildman–Crippen MR) is 127 cm³/mol. The van der Waals surface area contributed by atoms with Gasteiger partial charge in [-0.05, 0) is 23.5 Å². The number of sulfonamides is 1. The van der Waals surface area contributed by atoms with E-state index in [-0.39, 0.29) is 29.3 Å². The Balaban J connectivity index is 2.31. The first kappa shape index (κ1) is 22.8. The number of rotatable bonds is 7. The summed E-state index contributed by atoms with van der Waals surface area (Å²) in [6, 6.07) is 16.3. The minimum atomic E-state index is -4.10.